The molecule has 320 valence electrons. The molecule has 5 fully saturated rings. The van der Waals surface area contributed by atoms with E-state index in [1.807, 2.05) is 0 Å². The largest absolute Gasteiger partial charge is 0.465 e. The van der Waals surface area contributed by atoms with Gasteiger partial charge in [0.1, 0.15) is 6.10 Å². The molecule has 5 aliphatic rings. The second-order valence-corrected chi connectivity index (χ2v) is 21.3. The lowest BCUT2D eigenvalue weighted by Gasteiger charge is -2.58. The lowest BCUT2D eigenvalue weighted by atomic mass is 9.47. The van der Waals surface area contributed by atoms with Gasteiger partial charge in [-0.05, 0) is 117 Å². The molecule has 5 saturated carbocycles. The number of hydrogen-bond acceptors (Lipinski definition) is 2. The summed E-state index contributed by atoms with van der Waals surface area (Å²) in [7, 11) is 0. The van der Waals surface area contributed by atoms with Gasteiger partial charge in [0.25, 0.3) is 6.47 Å². The maximum atomic E-state index is 11.5. The number of carbonyl (C=O) groups excluding carboxylic acids is 1. The smallest absolute Gasteiger partial charge is 0.293 e. The number of hydrogen-bond donors (Lipinski definition) is 0. The third-order valence-electron chi connectivity index (χ3n) is 17.8. The molecule has 5 rings (SSSR count). The number of rotatable bonds is 26. The molecule has 2 nitrogen and oxygen atoms in total. The molecule has 0 heterocycles. The molecule has 5 aliphatic carbocycles. The van der Waals surface area contributed by atoms with Crippen LogP contribution in [0.2, 0.25) is 0 Å². The summed E-state index contributed by atoms with van der Waals surface area (Å²) in [6.45, 7) is 5.43. The Morgan fingerprint density at radius 3 is 1.44 bits per heavy atom. The van der Waals surface area contributed by atoms with Crippen molar-refractivity contribution in [2.24, 2.45) is 46.3 Å². The van der Waals surface area contributed by atoms with Crippen LogP contribution in [0.25, 0.3) is 0 Å². The van der Waals surface area contributed by atoms with Crippen LogP contribution in [0.3, 0.4) is 0 Å². The molecule has 0 amide bonds. The van der Waals surface area contributed by atoms with Gasteiger partial charge >= 0.3 is 0 Å². The first kappa shape index (κ1) is 45.6. The minimum Gasteiger partial charge on any atom is -0.465 e. The van der Waals surface area contributed by atoms with Crippen molar-refractivity contribution in [2.45, 2.75) is 283 Å². The number of unbranched alkanes of at least 4 members (excludes halogenated alkanes) is 14. The van der Waals surface area contributed by atoms with Crippen LogP contribution < -0.4 is 0 Å². The van der Waals surface area contributed by atoms with E-state index in [-0.39, 0.29) is 6.10 Å². The first-order valence-electron chi connectivity index (χ1n) is 26.2. The van der Waals surface area contributed by atoms with Gasteiger partial charge in [-0.1, -0.05) is 206 Å². The maximum absolute atomic E-state index is 11.5. The standard InChI is InChI=1S/C53H96O2/c1-3-5-7-9-11-13-15-19-25-45-29-33-48(34-30-45)52(41-37-50(38-42-52)55-44-54)43-51(47-27-21-17-22-28-47)53(39-23-18-24-40-53)49-35-31-46(32-36-49)26-20-16-14-12-10-8-6-4-2/h44-51H,3-43H2,1-2H3/t45-,46-,48-,49-,50?,51?,52?. The van der Waals surface area contributed by atoms with Crippen molar-refractivity contribution in [2.75, 3.05) is 0 Å². The van der Waals surface area contributed by atoms with Crippen molar-refractivity contribution in [1.82, 2.24) is 0 Å². The van der Waals surface area contributed by atoms with Gasteiger partial charge in [0.2, 0.25) is 0 Å². The predicted molar refractivity (Wildman–Crippen MR) is 237 cm³/mol. The van der Waals surface area contributed by atoms with E-state index in [0.717, 1.165) is 54.8 Å². The molecule has 55 heavy (non-hydrogen) atoms. The Morgan fingerprint density at radius 2 is 0.945 bits per heavy atom. The first-order chi connectivity index (χ1) is 27.1. The molecule has 1 atom stereocenters. The Bertz CT molecular complexity index is 951. The van der Waals surface area contributed by atoms with E-state index in [1.54, 1.807) is 38.5 Å². The number of carbonyl (C=O) groups is 1. The Hall–Kier alpha value is -0.530. The number of ether oxygens (including phenoxy) is 1. The summed E-state index contributed by atoms with van der Waals surface area (Å²) < 4.78 is 5.72. The van der Waals surface area contributed by atoms with Crippen LogP contribution in [0, 0.1) is 46.3 Å². The summed E-state index contributed by atoms with van der Waals surface area (Å²) >= 11 is 0. The van der Waals surface area contributed by atoms with E-state index in [9.17, 15) is 4.79 Å². The predicted octanol–water partition coefficient (Wildman–Crippen LogP) is 17.3. The van der Waals surface area contributed by atoms with Gasteiger partial charge in [-0.2, -0.15) is 0 Å². The quantitative estimate of drug-likeness (QED) is 0.0648. The summed E-state index contributed by atoms with van der Waals surface area (Å²) in [6.07, 6.45) is 60.3. The van der Waals surface area contributed by atoms with Crippen molar-refractivity contribution in [3.63, 3.8) is 0 Å². The summed E-state index contributed by atoms with van der Waals surface area (Å²) in [6, 6.07) is 0. The van der Waals surface area contributed by atoms with Crippen molar-refractivity contribution in [1.29, 1.82) is 0 Å². The Morgan fingerprint density at radius 1 is 0.491 bits per heavy atom. The van der Waals surface area contributed by atoms with E-state index in [2.05, 4.69) is 13.8 Å². The van der Waals surface area contributed by atoms with E-state index in [1.165, 1.54) is 212 Å². The van der Waals surface area contributed by atoms with E-state index in [0.29, 0.717) is 10.8 Å². The zero-order chi connectivity index (χ0) is 38.4. The average Bonchev–Trinajstić information content (AvgIpc) is 3.23. The third-order valence-corrected chi connectivity index (χ3v) is 17.8. The first-order valence-corrected chi connectivity index (χ1v) is 26.2. The molecule has 0 radical (unpaired) electrons. The van der Waals surface area contributed by atoms with Crippen LogP contribution in [0.4, 0.5) is 0 Å². The van der Waals surface area contributed by atoms with Crippen LogP contribution in [-0.4, -0.2) is 12.6 Å². The summed E-state index contributed by atoms with van der Waals surface area (Å²) in [5.74, 6) is 5.83. The lowest BCUT2D eigenvalue weighted by Crippen LogP contribution is -2.49. The normalized spacial score (nSPS) is 31.2. The van der Waals surface area contributed by atoms with Gasteiger partial charge in [0.15, 0.2) is 0 Å². The molecule has 1 unspecified atom stereocenters. The molecule has 0 saturated heterocycles. The molecule has 0 aromatic carbocycles. The molecule has 2 heteroatoms. The fourth-order valence-electron chi connectivity index (χ4n) is 14.5. The molecule has 0 N–H and O–H groups in total. The second-order valence-electron chi connectivity index (χ2n) is 21.3. The highest BCUT2D eigenvalue weighted by Gasteiger charge is 2.53. The molecule has 0 bridgehead atoms. The average molecular weight is 765 g/mol. The van der Waals surface area contributed by atoms with Crippen LogP contribution in [-0.2, 0) is 9.53 Å². The third kappa shape index (κ3) is 14.3. The van der Waals surface area contributed by atoms with Crippen LogP contribution in [0.1, 0.15) is 277 Å². The highest BCUT2D eigenvalue weighted by atomic mass is 16.5. The SMILES string of the molecule is CCCCCCCCCC[C@H]1CC[C@H](C2(CC(C3CCCCC3)C3([C@H]4CC[C@H](CCCCCCCCCC)CC4)CCCCC3)CCC(OC=O)CC2)CC1. The Balaban J connectivity index is 1.23. The molecular weight excluding hydrogens is 669 g/mol. The monoisotopic (exact) mass is 765 g/mol. The lowest BCUT2D eigenvalue weighted by molar-refractivity contribution is -0.138. The molecule has 0 aromatic rings. The fourth-order valence-corrected chi connectivity index (χ4v) is 14.5. The van der Waals surface area contributed by atoms with Crippen LogP contribution >= 0.6 is 0 Å². The molecule has 0 spiro atoms. The Kier molecular flexibility index (Phi) is 21.4. The molecule has 0 aromatic heterocycles. The van der Waals surface area contributed by atoms with E-state index in [4.69, 9.17) is 4.74 Å². The highest BCUT2D eigenvalue weighted by Crippen LogP contribution is 2.63. The van der Waals surface area contributed by atoms with Gasteiger partial charge in [0, 0.05) is 0 Å². The van der Waals surface area contributed by atoms with Crippen molar-refractivity contribution < 1.29 is 9.53 Å². The minimum atomic E-state index is 0.178. The van der Waals surface area contributed by atoms with Gasteiger partial charge in [-0.15, -0.1) is 0 Å². The van der Waals surface area contributed by atoms with E-state index >= 15 is 0 Å². The van der Waals surface area contributed by atoms with Gasteiger partial charge < -0.3 is 4.74 Å². The Labute approximate surface area is 344 Å². The van der Waals surface area contributed by atoms with Crippen LogP contribution in [0.15, 0.2) is 0 Å². The summed E-state index contributed by atoms with van der Waals surface area (Å²) in [4.78, 5) is 11.5. The maximum Gasteiger partial charge on any atom is 0.293 e. The topological polar surface area (TPSA) is 26.3 Å². The van der Waals surface area contributed by atoms with Crippen molar-refractivity contribution in [3.05, 3.63) is 0 Å². The minimum absolute atomic E-state index is 0.178. The molecular formula is C53H96O2. The van der Waals surface area contributed by atoms with E-state index < -0.39 is 0 Å². The highest BCUT2D eigenvalue weighted by molar-refractivity contribution is 5.37. The van der Waals surface area contributed by atoms with Crippen molar-refractivity contribution >= 4 is 6.47 Å². The van der Waals surface area contributed by atoms with Crippen molar-refractivity contribution in [3.8, 4) is 0 Å². The second kappa shape index (κ2) is 25.8. The van der Waals surface area contributed by atoms with Gasteiger partial charge in [-0.3, -0.25) is 4.79 Å². The molecule has 0 aliphatic heterocycles. The zero-order valence-electron chi connectivity index (χ0n) is 37.4. The van der Waals surface area contributed by atoms with Crippen LogP contribution in [0.5, 0.6) is 0 Å². The summed E-state index contributed by atoms with van der Waals surface area (Å²) in [5, 5.41) is 0. The summed E-state index contributed by atoms with van der Waals surface area (Å²) in [5.41, 5.74) is 1.10. The van der Waals surface area contributed by atoms with Gasteiger partial charge in [0.05, 0.1) is 0 Å². The zero-order valence-corrected chi connectivity index (χ0v) is 37.4. The van der Waals surface area contributed by atoms with Gasteiger partial charge in [-0.25, -0.2) is 0 Å². The fraction of sp³-hybridized carbons (Fsp3) is 0.981.